The number of aromatic carboxylic acids is 1. The van der Waals surface area contributed by atoms with E-state index in [0.29, 0.717) is 29.2 Å². The number of carboxylic acids is 1. The second-order valence-corrected chi connectivity index (χ2v) is 12.0. The topological polar surface area (TPSA) is 111 Å². The van der Waals surface area contributed by atoms with Crippen LogP contribution in [0.2, 0.25) is 0 Å². The van der Waals surface area contributed by atoms with Crippen molar-refractivity contribution in [3.05, 3.63) is 142 Å². The molecule has 0 aromatic heterocycles. The average Bonchev–Trinajstić information content (AvgIpc) is 3.18. The van der Waals surface area contributed by atoms with E-state index in [-0.39, 0.29) is 23.1 Å². The molecule has 264 valence electrons. The third kappa shape index (κ3) is 14.2. The van der Waals surface area contributed by atoms with Gasteiger partial charge in [0.05, 0.1) is 5.56 Å². The number of carbonyl (C=O) groups is 2. The van der Waals surface area contributed by atoms with Gasteiger partial charge >= 0.3 is 5.97 Å². The maximum absolute atomic E-state index is 12.9. The molecule has 0 aliphatic carbocycles. The van der Waals surface area contributed by atoms with Crippen LogP contribution in [0.4, 0.5) is 8.78 Å². The third-order valence-corrected chi connectivity index (χ3v) is 8.24. The lowest BCUT2D eigenvalue weighted by Gasteiger charge is -2.22. The first-order valence-corrected chi connectivity index (χ1v) is 16.9. The molecule has 4 aromatic carbocycles. The Morgan fingerprint density at radius 2 is 0.961 bits per heavy atom. The summed E-state index contributed by atoms with van der Waals surface area (Å²) in [5, 5.41) is 11.7. The predicted octanol–water partition coefficient (Wildman–Crippen LogP) is 6.68. The van der Waals surface area contributed by atoms with E-state index in [0.717, 1.165) is 75.7 Å². The highest BCUT2D eigenvalue weighted by molar-refractivity contribution is 5.94. The third-order valence-electron chi connectivity index (χ3n) is 8.24. The van der Waals surface area contributed by atoms with Crippen molar-refractivity contribution in [1.29, 1.82) is 0 Å². The molecule has 0 spiro atoms. The molecule has 2 fully saturated rings. The van der Waals surface area contributed by atoms with Crippen LogP contribution in [0.25, 0.3) is 0 Å². The predicted molar refractivity (Wildman–Crippen MR) is 193 cm³/mol. The van der Waals surface area contributed by atoms with E-state index < -0.39 is 5.97 Å². The molecular weight excluding hydrogens is 650 g/mol. The van der Waals surface area contributed by atoms with Crippen molar-refractivity contribution in [2.45, 2.75) is 25.7 Å². The number of nitrogens with one attached hydrogen (secondary N) is 1. The number of amides is 1. The van der Waals surface area contributed by atoms with Crippen LogP contribution in [0.3, 0.4) is 0 Å². The van der Waals surface area contributed by atoms with Crippen molar-refractivity contribution < 1.29 is 33.0 Å². The summed E-state index contributed by atoms with van der Waals surface area (Å²) in [5.74, 6) is 11.4. The molecule has 9 heteroatoms. The van der Waals surface area contributed by atoms with E-state index in [4.69, 9.17) is 20.3 Å². The highest BCUT2D eigenvalue weighted by atomic mass is 19.1. The number of hydrogen-bond acceptors (Lipinski definition) is 5. The Balaban J connectivity index is 0.000000194. The first kappa shape index (κ1) is 38.5. The van der Waals surface area contributed by atoms with E-state index in [9.17, 15) is 18.4 Å². The average molecular weight is 693 g/mol. The summed E-state index contributed by atoms with van der Waals surface area (Å²) < 4.78 is 36.0. The zero-order valence-electron chi connectivity index (χ0n) is 28.4. The normalized spacial score (nSPS) is 14.1. The Kier molecular flexibility index (Phi) is 15.9. The monoisotopic (exact) mass is 692 g/mol. The molecular formula is C42H42F2N2O5. The van der Waals surface area contributed by atoms with Gasteiger partial charge in [0.1, 0.15) is 11.6 Å². The lowest BCUT2D eigenvalue weighted by molar-refractivity contribution is 0.0642. The molecule has 2 heterocycles. The van der Waals surface area contributed by atoms with E-state index in [1.807, 2.05) is 12.1 Å². The second kappa shape index (κ2) is 21.0. The first-order chi connectivity index (χ1) is 24.8. The van der Waals surface area contributed by atoms with Crippen LogP contribution in [-0.2, 0) is 9.47 Å². The minimum atomic E-state index is -0.965. The van der Waals surface area contributed by atoms with Gasteiger partial charge in [-0.05, 0) is 141 Å². The molecule has 0 radical (unpaired) electrons. The minimum absolute atomic E-state index is 0.0652. The summed E-state index contributed by atoms with van der Waals surface area (Å²) >= 11 is 0. The summed E-state index contributed by atoms with van der Waals surface area (Å²) in [5.41, 5.74) is 9.28. The van der Waals surface area contributed by atoms with Crippen molar-refractivity contribution in [2.24, 2.45) is 17.6 Å². The fourth-order valence-corrected chi connectivity index (χ4v) is 5.03. The highest BCUT2D eigenvalue weighted by Crippen LogP contribution is 2.14. The molecule has 4 aromatic rings. The van der Waals surface area contributed by atoms with E-state index in [2.05, 4.69) is 29.0 Å². The molecule has 2 aliphatic heterocycles. The smallest absolute Gasteiger partial charge is 0.335 e. The van der Waals surface area contributed by atoms with Gasteiger partial charge in [0, 0.05) is 60.8 Å². The number of rotatable bonds is 5. The van der Waals surface area contributed by atoms with Gasteiger partial charge in [-0.15, -0.1) is 0 Å². The number of carboxylic acid groups (broad SMARTS) is 1. The Morgan fingerprint density at radius 3 is 1.31 bits per heavy atom. The van der Waals surface area contributed by atoms with Crippen LogP contribution in [0, 0.1) is 47.2 Å². The van der Waals surface area contributed by atoms with Crippen LogP contribution in [0.1, 0.15) is 68.7 Å². The van der Waals surface area contributed by atoms with Crippen LogP contribution < -0.4 is 11.1 Å². The lowest BCUT2D eigenvalue weighted by Crippen LogP contribution is -2.32. The van der Waals surface area contributed by atoms with Crippen molar-refractivity contribution in [1.82, 2.24) is 5.32 Å². The fourth-order valence-electron chi connectivity index (χ4n) is 5.03. The molecule has 1 amide bonds. The molecule has 51 heavy (non-hydrogen) atoms. The Bertz CT molecular complexity index is 1790. The van der Waals surface area contributed by atoms with Gasteiger partial charge in [-0.1, -0.05) is 23.7 Å². The van der Waals surface area contributed by atoms with Gasteiger partial charge < -0.3 is 25.6 Å². The van der Waals surface area contributed by atoms with Crippen LogP contribution in [0.5, 0.6) is 0 Å². The molecule has 0 unspecified atom stereocenters. The molecule has 0 bridgehead atoms. The second-order valence-electron chi connectivity index (χ2n) is 12.0. The summed E-state index contributed by atoms with van der Waals surface area (Å²) in [6, 6.07) is 25.4. The lowest BCUT2D eigenvalue weighted by atomic mass is 10.0. The van der Waals surface area contributed by atoms with Gasteiger partial charge in [0.2, 0.25) is 0 Å². The largest absolute Gasteiger partial charge is 0.478 e. The highest BCUT2D eigenvalue weighted by Gasteiger charge is 2.15. The standard InChI is InChI=1S/C21H20FNO2.C15H9FO2.C6H13NO/c22-20-9-5-17(6-10-20)2-1-16-3-7-19(8-4-16)21(24)23-15-18-11-13-25-14-12-18;16-14-9-5-12(6-10-14)2-1-11-3-7-13(8-4-11)15(17)18;7-5-6-1-3-8-4-2-6/h3-10,18H,11-15H2,(H,23,24);3-10H,(H,17,18);6H,1-5,7H2. The zero-order valence-corrected chi connectivity index (χ0v) is 28.4. The summed E-state index contributed by atoms with van der Waals surface area (Å²) in [6.45, 7) is 4.92. The molecule has 2 aliphatic rings. The van der Waals surface area contributed by atoms with Crippen molar-refractivity contribution in [3.8, 4) is 23.7 Å². The fraction of sp³-hybridized carbons (Fsp3) is 0.286. The van der Waals surface area contributed by atoms with Gasteiger partial charge in [0.25, 0.3) is 5.91 Å². The number of carbonyl (C=O) groups excluding carboxylic acids is 1. The SMILES string of the molecule is NCC1CCOCC1.O=C(NCC1CCOCC1)c1ccc(C#Cc2ccc(F)cc2)cc1.O=C(O)c1ccc(C#Cc2ccc(F)cc2)cc1. The van der Waals surface area contributed by atoms with Gasteiger partial charge in [0.15, 0.2) is 0 Å². The first-order valence-electron chi connectivity index (χ1n) is 16.9. The number of hydrogen-bond donors (Lipinski definition) is 3. The zero-order chi connectivity index (χ0) is 36.3. The van der Waals surface area contributed by atoms with E-state index >= 15 is 0 Å². The van der Waals surface area contributed by atoms with Gasteiger partial charge in [-0.2, -0.15) is 0 Å². The molecule has 0 atom stereocenters. The number of nitrogens with two attached hydrogens (primary N) is 1. The van der Waals surface area contributed by atoms with Gasteiger partial charge in [-0.3, -0.25) is 4.79 Å². The van der Waals surface area contributed by atoms with E-state index in [1.165, 1.54) is 36.4 Å². The molecule has 0 saturated carbocycles. The van der Waals surface area contributed by atoms with E-state index in [1.54, 1.807) is 48.5 Å². The van der Waals surface area contributed by atoms with Crippen LogP contribution in [-0.4, -0.2) is 56.5 Å². The molecule has 4 N–H and O–H groups in total. The maximum Gasteiger partial charge on any atom is 0.335 e. The Morgan fingerprint density at radius 1 is 0.608 bits per heavy atom. The number of benzene rings is 4. The molecule has 2 saturated heterocycles. The van der Waals surface area contributed by atoms with Crippen molar-refractivity contribution >= 4 is 11.9 Å². The van der Waals surface area contributed by atoms with Crippen LogP contribution >= 0.6 is 0 Å². The van der Waals surface area contributed by atoms with Crippen molar-refractivity contribution in [3.63, 3.8) is 0 Å². The number of halogens is 2. The number of ether oxygens (including phenoxy) is 2. The van der Waals surface area contributed by atoms with Crippen molar-refractivity contribution in [2.75, 3.05) is 39.5 Å². The molecule has 7 nitrogen and oxygen atoms in total. The summed E-state index contributed by atoms with van der Waals surface area (Å²) in [7, 11) is 0. The maximum atomic E-state index is 12.9. The van der Waals surface area contributed by atoms with Gasteiger partial charge in [-0.25, -0.2) is 13.6 Å². The minimum Gasteiger partial charge on any atom is -0.478 e. The summed E-state index contributed by atoms with van der Waals surface area (Å²) in [6.07, 6.45) is 4.32. The Labute approximate surface area is 298 Å². The van der Waals surface area contributed by atoms with Crippen LogP contribution in [0.15, 0.2) is 97.1 Å². The molecule has 6 rings (SSSR count). The quantitative estimate of drug-likeness (QED) is 0.202. The summed E-state index contributed by atoms with van der Waals surface area (Å²) in [4.78, 5) is 22.8. The Hall–Kier alpha value is -5.32.